The Hall–Kier alpha value is -2.29. The van der Waals surface area contributed by atoms with Gasteiger partial charge in [-0.25, -0.2) is 13.4 Å². The van der Waals surface area contributed by atoms with Gasteiger partial charge < -0.3 is 9.84 Å². The maximum Gasteiger partial charge on any atom is 0.339 e. The molecule has 0 saturated heterocycles. The molecule has 2 aromatic carbocycles. The van der Waals surface area contributed by atoms with Crippen LogP contribution in [0.3, 0.4) is 0 Å². The van der Waals surface area contributed by atoms with E-state index in [0.29, 0.717) is 0 Å². The number of aliphatic hydroxyl groups excluding tert-OH is 1. The predicted octanol–water partition coefficient (Wildman–Crippen LogP) is 2.11. The molecule has 6 nitrogen and oxygen atoms in total. The van der Waals surface area contributed by atoms with E-state index in [1.165, 1.54) is 24.3 Å². The lowest BCUT2D eigenvalue weighted by Crippen LogP contribution is -2.34. The van der Waals surface area contributed by atoms with Crippen molar-refractivity contribution in [3.63, 3.8) is 0 Å². The standard InChI is InChI=1S/C17H17FO6S/c1-11-3-9-14(10-4-11)25(21,22)24-16(17(20)23-2)15(19)12-5-7-13(18)8-6-12/h3-10,15-16,19H,1-2H3/t15-,16+/m1/s1. The zero-order chi connectivity index (χ0) is 18.6. The van der Waals surface area contributed by atoms with Crippen molar-refractivity contribution < 1.29 is 31.6 Å². The molecule has 0 radical (unpaired) electrons. The molecule has 134 valence electrons. The van der Waals surface area contributed by atoms with Crippen molar-refractivity contribution in [1.82, 2.24) is 0 Å². The van der Waals surface area contributed by atoms with Crippen molar-refractivity contribution >= 4 is 16.1 Å². The van der Waals surface area contributed by atoms with Gasteiger partial charge in [-0.2, -0.15) is 8.42 Å². The number of carbonyl (C=O) groups excluding carboxylic acids is 1. The van der Waals surface area contributed by atoms with E-state index in [-0.39, 0.29) is 10.5 Å². The van der Waals surface area contributed by atoms with Gasteiger partial charge in [0.15, 0.2) is 0 Å². The Morgan fingerprint density at radius 2 is 1.64 bits per heavy atom. The predicted molar refractivity (Wildman–Crippen MR) is 86.6 cm³/mol. The van der Waals surface area contributed by atoms with Gasteiger partial charge >= 0.3 is 5.97 Å². The zero-order valence-corrected chi connectivity index (χ0v) is 14.4. The van der Waals surface area contributed by atoms with Crippen LogP contribution in [-0.2, 0) is 23.8 Å². The molecule has 0 bridgehead atoms. The van der Waals surface area contributed by atoms with E-state index < -0.39 is 34.1 Å². The first-order valence-electron chi connectivity index (χ1n) is 7.26. The molecule has 0 aromatic heterocycles. The lowest BCUT2D eigenvalue weighted by atomic mass is 10.0. The van der Waals surface area contributed by atoms with Crippen LogP contribution in [0.2, 0.25) is 0 Å². The molecular formula is C17H17FO6S. The summed E-state index contributed by atoms with van der Waals surface area (Å²) in [6.07, 6.45) is -3.49. The fourth-order valence-electron chi connectivity index (χ4n) is 2.07. The number of aliphatic hydroxyl groups is 1. The van der Waals surface area contributed by atoms with Gasteiger partial charge in [0.1, 0.15) is 11.9 Å². The van der Waals surface area contributed by atoms with Gasteiger partial charge in [0.2, 0.25) is 6.10 Å². The molecule has 25 heavy (non-hydrogen) atoms. The summed E-state index contributed by atoms with van der Waals surface area (Å²) in [5.74, 6) is -1.62. The summed E-state index contributed by atoms with van der Waals surface area (Å²) in [7, 11) is -3.29. The third-order valence-electron chi connectivity index (χ3n) is 3.47. The smallest absolute Gasteiger partial charge is 0.339 e. The molecule has 2 aromatic rings. The van der Waals surface area contributed by atoms with Crippen LogP contribution in [0.4, 0.5) is 4.39 Å². The van der Waals surface area contributed by atoms with Crippen molar-refractivity contribution in [2.45, 2.75) is 24.0 Å². The summed E-state index contributed by atoms with van der Waals surface area (Å²) >= 11 is 0. The minimum absolute atomic E-state index is 0.107. The topological polar surface area (TPSA) is 89.9 Å². The Morgan fingerprint density at radius 1 is 1.08 bits per heavy atom. The molecule has 2 atom stereocenters. The van der Waals surface area contributed by atoms with Crippen LogP contribution < -0.4 is 0 Å². The first-order valence-corrected chi connectivity index (χ1v) is 8.67. The van der Waals surface area contributed by atoms with Crippen molar-refractivity contribution in [3.8, 4) is 0 Å². The van der Waals surface area contributed by atoms with Crippen molar-refractivity contribution in [1.29, 1.82) is 0 Å². The van der Waals surface area contributed by atoms with E-state index in [4.69, 9.17) is 4.18 Å². The normalized spacial score (nSPS) is 13.9. The first kappa shape index (κ1) is 19.0. The number of ether oxygens (including phenoxy) is 1. The SMILES string of the molecule is COC(=O)[C@@H](OS(=O)(=O)c1ccc(C)cc1)[C@H](O)c1ccc(F)cc1. The molecule has 0 unspecified atom stereocenters. The molecule has 0 fully saturated rings. The lowest BCUT2D eigenvalue weighted by molar-refractivity contribution is -0.154. The highest BCUT2D eigenvalue weighted by molar-refractivity contribution is 7.86. The van der Waals surface area contributed by atoms with Gasteiger partial charge in [-0.05, 0) is 36.8 Å². The first-order chi connectivity index (χ1) is 11.7. The second kappa shape index (κ2) is 7.73. The van der Waals surface area contributed by atoms with Gasteiger partial charge in [-0.1, -0.05) is 29.8 Å². The molecule has 0 spiro atoms. The number of hydrogen-bond acceptors (Lipinski definition) is 6. The Bertz CT molecular complexity index is 830. The van der Waals surface area contributed by atoms with E-state index in [2.05, 4.69) is 4.74 Å². The van der Waals surface area contributed by atoms with E-state index in [0.717, 1.165) is 24.8 Å². The number of esters is 1. The minimum Gasteiger partial charge on any atom is -0.467 e. The number of carbonyl (C=O) groups is 1. The van der Waals surface area contributed by atoms with Crippen molar-refractivity contribution in [3.05, 3.63) is 65.5 Å². The van der Waals surface area contributed by atoms with Crippen LogP contribution in [0.15, 0.2) is 53.4 Å². The maximum atomic E-state index is 13.0. The number of aryl methyl sites for hydroxylation is 1. The molecule has 0 heterocycles. The molecular weight excluding hydrogens is 351 g/mol. The summed E-state index contributed by atoms with van der Waals surface area (Å²) in [6.45, 7) is 1.78. The number of methoxy groups -OCH3 is 1. The molecule has 1 N–H and O–H groups in total. The lowest BCUT2D eigenvalue weighted by Gasteiger charge is -2.21. The Balaban J connectivity index is 2.32. The number of rotatable bonds is 6. The third kappa shape index (κ3) is 4.62. The van der Waals surface area contributed by atoms with Crippen molar-refractivity contribution in [2.24, 2.45) is 0 Å². The average Bonchev–Trinajstić information content (AvgIpc) is 2.59. The largest absolute Gasteiger partial charge is 0.467 e. The minimum atomic E-state index is -4.33. The van der Waals surface area contributed by atoms with E-state index >= 15 is 0 Å². The van der Waals surface area contributed by atoms with Gasteiger partial charge in [0, 0.05) is 0 Å². The van der Waals surface area contributed by atoms with Gasteiger partial charge in [0.25, 0.3) is 10.1 Å². The summed E-state index contributed by atoms with van der Waals surface area (Å²) in [4.78, 5) is 11.7. The zero-order valence-electron chi connectivity index (χ0n) is 13.5. The fraction of sp³-hybridized carbons (Fsp3) is 0.235. The summed E-state index contributed by atoms with van der Waals surface area (Å²) < 4.78 is 47.2. The summed E-state index contributed by atoms with van der Waals surface area (Å²) in [5, 5.41) is 10.3. The number of benzene rings is 2. The van der Waals surface area contributed by atoms with E-state index in [1.54, 1.807) is 19.1 Å². The number of hydrogen-bond donors (Lipinski definition) is 1. The van der Waals surface area contributed by atoms with Crippen LogP contribution in [0.1, 0.15) is 17.2 Å². The third-order valence-corrected chi connectivity index (χ3v) is 4.78. The fourth-order valence-corrected chi connectivity index (χ4v) is 3.11. The van der Waals surface area contributed by atoms with E-state index in [1.807, 2.05) is 0 Å². The highest BCUT2D eigenvalue weighted by Crippen LogP contribution is 2.25. The van der Waals surface area contributed by atoms with E-state index in [9.17, 15) is 22.7 Å². The van der Waals surface area contributed by atoms with Gasteiger partial charge in [-0.3, -0.25) is 0 Å². The van der Waals surface area contributed by atoms with Crippen LogP contribution in [0.25, 0.3) is 0 Å². The maximum absolute atomic E-state index is 13.0. The van der Waals surface area contributed by atoms with Crippen LogP contribution in [-0.4, -0.2) is 32.7 Å². The van der Waals surface area contributed by atoms with Crippen molar-refractivity contribution in [2.75, 3.05) is 7.11 Å². The van der Waals surface area contributed by atoms with Gasteiger partial charge in [-0.15, -0.1) is 0 Å². The molecule has 0 aliphatic heterocycles. The summed E-state index contributed by atoms with van der Waals surface area (Å²) in [5.41, 5.74) is 0.950. The highest BCUT2D eigenvalue weighted by atomic mass is 32.2. The summed E-state index contributed by atoms with van der Waals surface area (Å²) in [6, 6.07) is 10.4. The molecule has 0 amide bonds. The quantitative estimate of drug-likeness (QED) is 0.620. The number of halogens is 1. The second-order valence-electron chi connectivity index (χ2n) is 5.30. The highest BCUT2D eigenvalue weighted by Gasteiger charge is 2.35. The second-order valence-corrected chi connectivity index (χ2v) is 6.88. The Morgan fingerprint density at radius 3 is 2.16 bits per heavy atom. The monoisotopic (exact) mass is 368 g/mol. The molecule has 0 aliphatic carbocycles. The molecule has 0 saturated carbocycles. The molecule has 8 heteroatoms. The van der Waals surface area contributed by atoms with Crippen LogP contribution >= 0.6 is 0 Å². The molecule has 2 rings (SSSR count). The van der Waals surface area contributed by atoms with Crippen LogP contribution in [0.5, 0.6) is 0 Å². The molecule has 0 aliphatic rings. The Labute approximate surface area is 144 Å². The Kier molecular flexibility index (Phi) is 5.89. The van der Waals surface area contributed by atoms with Gasteiger partial charge in [0.05, 0.1) is 12.0 Å². The van der Waals surface area contributed by atoms with Crippen LogP contribution in [0, 0.1) is 12.7 Å². The average molecular weight is 368 g/mol.